The van der Waals surface area contributed by atoms with E-state index in [2.05, 4.69) is 38.9 Å². The minimum atomic E-state index is -3.72. The number of halogens is 2. The smallest absolute Gasteiger partial charge is 0.311 e. The molecule has 0 bridgehead atoms. The Kier molecular flexibility index (Phi) is 5.42. The second kappa shape index (κ2) is 5.23. The lowest BCUT2D eigenvalue weighted by molar-refractivity contribution is -0.116. The van der Waals surface area contributed by atoms with E-state index < -0.39 is 8.26 Å². The summed E-state index contributed by atoms with van der Waals surface area (Å²) in [5, 5.41) is 2.47. The number of thioether (sulfide) groups is 1. The molecular weight excluding hydrogens is 265 g/mol. The third-order valence-electron chi connectivity index (χ3n) is 0.576. The van der Waals surface area contributed by atoms with Crippen molar-refractivity contribution in [3.63, 3.8) is 0 Å². The summed E-state index contributed by atoms with van der Waals surface area (Å²) in [6, 6.07) is 0. The van der Waals surface area contributed by atoms with Crippen LogP contribution in [0.15, 0.2) is 0 Å². The summed E-state index contributed by atoms with van der Waals surface area (Å²) in [4.78, 5) is 10.2. The van der Waals surface area contributed by atoms with E-state index in [1.807, 2.05) is 0 Å². The van der Waals surface area contributed by atoms with E-state index in [-0.39, 0.29) is 5.91 Å². The third-order valence-corrected chi connectivity index (χ3v) is 1.80. The van der Waals surface area contributed by atoms with Gasteiger partial charge in [-0.25, -0.2) is 0 Å². The van der Waals surface area contributed by atoms with Gasteiger partial charge in [-0.15, -0.1) is 0 Å². The normalized spacial score (nSPS) is 16.5. The lowest BCUT2D eigenvalue weighted by atomic mass is 10.7. The molecule has 1 N–H and O–H groups in total. The zero-order chi connectivity index (χ0) is 9.78. The maximum atomic E-state index is 10.2. The van der Waals surface area contributed by atoms with Gasteiger partial charge in [0, 0.05) is 21.4 Å². The molecule has 0 radical (unpaired) electrons. The maximum Gasteiger partial charge on any atom is 0.317 e. The molecule has 1 amide bonds. The van der Waals surface area contributed by atoms with Crippen molar-refractivity contribution >= 4 is 63.8 Å². The second-order valence-corrected chi connectivity index (χ2v) is 6.82. The Balaban J connectivity index is 0.000000217. The van der Waals surface area contributed by atoms with Crippen molar-refractivity contribution in [2.24, 2.45) is 0 Å². The first-order valence-electron chi connectivity index (χ1n) is 2.40. The van der Waals surface area contributed by atoms with Crippen LogP contribution in [0.5, 0.6) is 0 Å². The van der Waals surface area contributed by atoms with Crippen LogP contribution in [-0.2, 0) is 13.1 Å². The Morgan fingerprint density at radius 3 is 2.00 bits per heavy atom. The predicted molar refractivity (Wildman–Crippen MR) is 53.8 cm³/mol. The van der Waals surface area contributed by atoms with Crippen LogP contribution in [0.4, 0.5) is 0 Å². The summed E-state index contributed by atoms with van der Waals surface area (Å²) in [6.45, 7) is 0. The minimum absolute atomic E-state index is 0.0231. The number of carbonyl (C=O) groups is 1. The fourth-order valence-electron chi connectivity index (χ4n) is 0.317. The van der Waals surface area contributed by atoms with Crippen molar-refractivity contribution in [3.05, 3.63) is 0 Å². The van der Waals surface area contributed by atoms with Gasteiger partial charge < -0.3 is 5.32 Å². The number of nitrogens with one attached hydrogen (secondary N) is 1. The number of amides is 1. The highest BCUT2D eigenvalue weighted by Gasteiger charge is 2.13. The van der Waals surface area contributed by atoms with Gasteiger partial charge in [0.05, 0.1) is 5.75 Å². The molecule has 1 fully saturated rings. The van der Waals surface area contributed by atoms with E-state index in [0.29, 0.717) is 10.1 Å². The quantitative estimate of drug-likeness (QED) is 0.521. The van der Waals surface area contributed by atoms with Crippen molar-refractivity contribution in [2.45, 2.75) is 0 Å². The van der Waals surface area contributed by atoms with Crippen LogP contribution >= 0.6 is 45.3 Å². The Labute approximate surface area is 87.9 Å². The number of thiocarbonyl (C=S) groups is 1. The van der Waals surface area contributed by atoms with Gasteiger partial charge in [0.1, 0.15) is 4.32 Å². The summed E-state index contributed by atoms with van der Waals surface area (Å²) in [7, 11) is 4.81. The van der Waals surface area contributed by atoms with Crippen molar-refractivity contribution < 1.29 is 13.2 Å². The molecule has 0 aliphatic carbocycles. The Hall–Kier alpha value is 0.440. The molecule has 12 heavy (non-hydrogen) atoms. The Morgan fingerprint density at radius 1 is 1.50 bits per heavy atom. The van der Waals surface area contributed by atoms with E-state index in [0.717, 1.165) is 0 Å². The van der Waals surface area contributed by atoms with Crippen molar-refractivity contribution in [1.29, 1.82) is 0 Å². The first-order chi connectivity index (χ1) is 5.29. The van der Waals surface area contributed by atoms with Gasteiger partial charge in [-0.2, -0.15) is 8.42 Å². The molecule has 4 nitrogen and oxygen atoms in total. The molecule has 0 spiro atoms. The summed E-state index contributed by atoms with van der Waals surface area (Å²) < 4.78 is 18.9. The van der Waals surface area contributed by atoms with Crippen molar-refractivity contribution in [2.75, 3.05) is 5.75 Å². The number of hydrogen-bond acceptors (Lipinski definition) is 5. The molecule has 1 heterocycles. The first-order valence-corrected chi connectivity index (χ1v) is 6.93. The minimum Gasteiger partial charge on any atom is -0.311 e. The van der Waals surface area contributed by atoms with Crippen LogP contribution < -0.4 is 5.32 Å². The average molecular weight is 268 g/mol. The standard InChI is InChI=1S/C3H3NOS2.Cl2O2S/c5-2-1-7-3(6)4-2;1-5(2,3)4/h1H2,(H,4,5,6);. The number of hydrogen-bond donors (Lipinski definition) is 1. The van der Waals surface area contributed by atoms with Crippen LogP contribution in [0.25, 0.3) is 0 Å². The highest BCUT2D eigenvalue weighted by Crippen LogP contribution is 2.07. The van der Waals surface area contributed by atoms with Gasteiger partial charge in [-0.1, -0.05) is 24.0 Å². The molecule has 1 saturated heterocycles. The topological polar surface area (TPSA) is 63.2 Å². The molecule has 0 unspecified atom stereocenters. The highest BCUT2D eigenvalue weighted by atomic mass is 36.0. The zero-order valence-corrected chi connectivity index (χ0v) is 9.37. The fraction of sp³-hybridized carbons (Fsp3) is 0.333. The van der Waals surface area contributed by atoms with E-state index >= 15 is 0 Å². The summed E-state index contributed by atoms with van der Waals surface area (Å²) >= 11 is 6.00. The summed E-state index contributed by atoms with van der Waals surface area (Å²) in [5.74, 6) is 0.522. The molecule has 0 aromatic rings. The van der Waals surface area contributed by atoms with Crippen LogP contribution in [0.1, 0.15) is 0 Å². The fourth-order valence-corrected chi connectivity index (χ4v) is 1.13. The Morgan fingerprint density at radius 2 is 1.92 bits per heavy atom. The molecule has 0 aromatic heterocycles. The SMILES string of the molecule is O=C1CSC(=S)N1.O=S(=O)(Cl)Cl. The molecule has 1 rings (SSSR count). The lowest BCUT2D eigenvalue weighted by Crippen LogP contribution is -2.18. The van der Waals surface area contributed by atoms with Crippen LogP contribution in [0.3, 0.4) is 0 Å². The second-order valence-electron chi connectivity index (χ2n) is 1.50. The number of rotatable bonds is 0. The van der Waals surface area contributed by atoms with Gasteiger partial charge in [0.15, 0.2) is 0 Å². The summed E-state index contributed by atoms with van der Waals surface area (Å²) in [5.41, 5.74) is 0. The van der Waals surface area contributed by atoms with E-state index in [1.54, 1.807) is 0 Å². The highest BCUT2D eigenvalue weighted by molar-refractivity contribution is 8.31. The monoisotopic (exact) mass is 267 g/mol. The molecular formula is C3H3Cl2NO3S3. The molecule has 1 aliphatic heterocycles. The van der Waals surface area contributed by atoms with Gasteiger partial charge in [-0.3, -0.25) is 4.79 Å². The zero-order valence-electron chi connectivity index (χ0n) is 5.41. The van der Waals surface area contributed by atoms with Crippen molar-refractivity contribution in [1.82, 2.24) is 5.32 Å². The maximum absolute atomic E-state index is 10.2. The van der Waals surface area contributed by atoms with E-state index in [1.165, 1.54) is 11.8 Å². The molecule has 70 valence electrons. The third kappa shape index (κ3) is 10.4. The molecule has 9 heteroatoms. The molecule has 0 aromatic carbocycles. The molecule has 0 atom stereocenters. The molecule has 1 aliphatic rings. The predicted octanol–water partition coefficient (Wildman–Crippen LogP) is 0.843. The van der Waals surface area contributed by atoms with Crippen LogP contribution in [0, 0.1) is 0 Å². The van der Waals surface area contributed by atoms with Gasteiger partial charge in [0.2, 0.25) is 5.91 Å². The van der Waals surface area contributed by atoms with Gasteiger partial charge >= 0.3 is 8.26 Å². The van der Waals surface area contributed by atoms with Gasteiger partial charge in [-0.05, 0) is 0 Å². The van der Waals surface area contributed by atoms with Gasteiger partial charge in [0.25, 0.3) is 0 Å². The van der Waals surface area contributed by atoms with Crippen LogP contribution in [-0.4, -0.2) is 24.4 Å². The molecule has 0 saturated carbocycles. The summed E-state index contributed by atoms with van der Waals surface area (Å²) in [6.07, 6.45) is 0. The van der Waals surface area contributed by atoms with Crippen molar-refractivity contribution in [3.8, 4) is 0 Å². The van der Waals surface area contributed by atoms with Crippen LogP contribution in [0.2, 0.25) is 0 Å². The largest absolute Gasteiger partial charge is 0.317 e. The van der Waals surface area contributed by atoms with E-state index in [4.69, 9.17) is 8.42 Å². The van der Waals surface area contributed by atoms with E-state index in [9.17, 15) is 4.79 Å². The number of carbonyl (C=O) groups excluding carboxylic acids is 1. The lowest BCUT2D eigenvalue weighted by Gasteiger charge is -1.81. The first kappa shape index (κ1) is 12.4. The Bertz CT molecular complexity index is 265. The average Bonchev–Trinajstić information content (AvgIpc) is 2.09.